The number of H-pyrrole nitrogens is 1. The molecule has 7 heteroatoms. The summed E-state index contributed by atoms with van der Waals surface area (Å²) < 4.78 is 15.9. The molecule has 0 atom stereocenters. The smallest absolute Gasteiger partial charge is 0.257 e. The lowest BCUT2D eigenvalue weighted by atomic mass is 10.3. The first kappa shape index (κ1) is 17.6. The van der Waals surface area contributed by atoms with Crippen LogP contribution in [0.3, 0.4) is 0 Å². The van der Waals surface area contributed by atoms with Crippen molar-refractivity contribution in [2.24, 2.45) is 0 Å². The molecule has 0 aliphatic rings. The van der Waals surface area contributed by atoms with Crippen molar-refractivity contribution in [1.29, 1.82) is 0 Å². The van der Waals surface area contributed by atoms with Crippen molar-refractivity contribution in [2.45, 2.75) is 6.42 Å². The maximum absolute atomic E-state index is 11.9. The molecule has 26 heavy (non-hydrogen) atoms. The number of hydrogen-bond donors (Lipinski definition) is 2. The summed E-state index contributed by atoms with van der Waals surface area (Å²) in [6.07, 6.45) is 0.595. The lowest BCUT2D eigenvalue weighted by molar-refractivity contribution is -0.123. The largest absolute Gasteiger partial charge is 0.497 e. The maximum atomic E-state index is 11.9. The Morgan fingerprint density at radius 2 is 1.92 bits per heavy atom. The van der Waals surface area contributed by atoms with Crippen LogP contribution in [-0.2, 0) is 11.2 Å². The molecule has 0 bridgehead atoms. The molecule has 0 unspecified atom stereocenters. The summed E-state index contributed by atoms with van der Waals surface area (Å²) in [7, 11) is 3.19. The number of nitrogens with zero attached hydrogens (tertiary/aromatic N) is 1. The van der Waals surface area contributed by atoms with Crippen molar-refractivity contribution < 1.29 is 19.0 Å². The third kappa shape index (κ3) is 4.24. The summed E-state index contributed by atoms with van der Waals surface area (Å²) in [5.74, 6) is 2.51. The van der Waals surface area contributed by atoms with Gasteiger partial charge in [0, 0.05) is 19.0 Å². The number of imidazole rings is 1. The number of aromatic nitrogens is 2. The number of para-hydroxylation sites is 2. The summed E-state index contributed by atoms with van der Waals surface area (Å²) >= 11 is 0. The fourth-order valence-corrected chi connectivity index (χ4v) is 2.54. The Balaban J connectivity index is 1.47. The lowest BCUT2D eigenvalue weighted by Crippen LogP contribution is -2.30. The number of carbonyl (C=O) groups excluding carboxylic acids is 1. The van der Waals surface area contributed by atoms with Crippen LogP contribution in [-0.4, -0.2) is 43.2 Å². The van der Waals surface area contributed by atoms with Gasteiger partial charge < -0.3 is 24.5 Å². The minimum Gasteiger partial charge on any atom is -0.497 e. The zero-order valence-electron chi connectivity index (χ0n) is 14.7. The van der Waals surface area contributed by atoms with Gasteiger partial charge in [-0.25, -0.2) is 4.98 Å². The van der Waals surface area contributed by atoms with Gasteiger partial charge in [0.2, 0.25) is 0 Å². The Kier molecular flexibility index (Phi) is 5.58. The standard InChI is InChI=1S/C19H21N3O4/c1-24-13-7-8-14-15(11-13)22-18(21-14)9-10-20-19(23)12-26-17-6-4-3-5-16(17)25-2/h3-8,11H,9-10,12H2,1-2H3,(H,20,23)(H,21,22). The van der Waals surface area contributed by atoms with Crippen molar-refractivity contribution in [3.05, 3.63) is 48.3 Å². The van der Waals surface area contributed by atoms with Crippen LogP contribution in [0.2, 0.25) is 0 Å². The SMILES string of the molecule is COc1ccc2nc(CCNC(=O)COc3ccccc3OC)[nH]c2c1. The zero-order chi connectivity index (χ0) is 18.4. The molecule has 3 aromatic rings. The Hall–Kier alpha value is -3.22. The first-order chi connectivity index (χ1) is 12.7. The third-order valence-electron chi connectivity index (χ3n) is 3.85. The van der Waals surface area contributed by atoms with Crippen molar-refractivity contribution in [2.75, 3.05) is 27.4 Å². The number of ether oxygens (including phenoxy) is 3. The molecule has 0 aliphatic heterocycles. The monoisotopic (exact) mass is 355 g/mol. The number of aromatic amines is 1. The molecular weight excluding hydrogens is 334 g/mol. The van der Waals surface area contributed by atoms with Gasteiger partial charge in [0.25, 0.3) is 5.91 Å². The summed E-state index contributed by atoms with van der Waals surface area (Å²) in [6.45, 7) is 0.392. The number of nitrogens with one attached hydrogen (secondary N) is 2. The molecule has 2 aromatic carbocycles. The van der Waals surface area contributed by atoms with E-state index in [2.05, 4.69) is 15.3 Å². The second-order valence-corrected chi connectivity index (χ2v) is 5.61. The summed E-state index contributed by atoms with van der Waals surface area (Å²) in [4.78, 5) is 19.7. The number of hydrogen-bond acceptors (Lipinski definition) is 5. The van der Waals surface area contributed by atoms with E-state index in [9.17, 15) is 4.79 Å². The number of amides is 1. The van der Waals surface area contributed by atoms with Gasteiger partial charge in [0.1, 0.15) is 11.6 Å². The van der Waals surface area contributed by atoms with E-state index in [1.54, 1.807) is 26.4 Å². The van der Waals surface area contributed by atoms with Crippen molar-refractivity contribution in [3.63, 3.8) is 0 Å². The molecule has 0 spiro atoms. The molecule has 0 radical (unpaired) electrons. The number of fused-ring (bicyclic) bond motifs is 1. The summed E-state index contributed by atoms with van der Waals surface area (Å²) in [5, 5.41) is 2.82. The fraction of sp³-hybridized carbons (Fsp3) is 0.263. The molecule has 0 saturated carbocycles. The Morgan fingerprint density at radius 3 is 2.69 bits per heavy atom. The van der Waals surface area contributed by atoms with E-state index < -0.39 is 0 Å². The average Bonchev–Trinajstić information content (AvgIpc) is 3.08. The number of carbonyl (C=O) groups is 1. The molecule has 1 heterocycles. The quantitative estimate of drug-likeness (QED) is 0.648. The molecular formula is C19H21N3O4. The molecule has 0 fully saturated rings. The van der Waals surface area contributed by atoms with E-state index in [1.807, 2.05) is 30.3 Å². The highest BCUT2D eigenvalue weighted by atomic mass is 16.5. The first-order valence-corrected chi connectivity index (χ1v) is 8.24. The van der Waals surface area contributed by atoms with Crippen LogP contribution >= 0.6 is 0 Å². The fourth-order valence-electron chi connectivity index (χ4n) is 2.54. The van der Waals surface area contributed by atoms with Gasteiger partial charge in [0.15, 0.2) is 18.1 Å². The van der Waals surface area contributed by atoms with Gasteiger partial charge in [-0.3, -0.25) is 4.79 Å². The third-order valence-corrected chi connectivity index (χ3v) is 3.85. The van der Waals surface area contributed by atoms with Crippen LogP contribution in [0.1, 0.15) is 5.82 Å². The highest BCUT2D eigenvalue weighted by molar-refractivity contribution is 5.78. The van der Waals surface area contributed by atoms with Gasteiger partial charge in [-0.15, -0.1) is 0 Å². The molecule has 0 aliphatic carbocycles. The van der Waals surface area contributed by atoms with Gasteiger partial charge in [-0.2, -0.15) is 0 Å². The van der Waals surface area contributed by atoms with E-state index in [4.69, 9.17) is 14.2 Å². The van der Waals surface area contributed by atoms with Crippen LogP contribution < -0.4 is 19.5 Å². The lowest BCUT2D eigenvalue weighted by Gasteiger charge is -2.10. The van der Waals surface area contributed by atoms with Crippen LogP contribution in [0, 0.1) is 0 Å². The van der Waals surface area contributed by atoms with E-state index >= 15 is 0 Å². The van der Waals surface area contributed by atoms with Crippen molar-refractivity contribution in [3.8, 4) is 17.2 Å². The minimum atomic E-state index is -0.200. The topological polar surface area (TPSA) is 85.5 Å². The van der Waals surface area contributed by atoms with Crippen molar-refractivity contribution >= 4 is 16.9 Å². The number of benzene rings is 2. The van der Waals surface area contributed by atoms with Gasteiger partial charge in [0.05, 0.1) is 25.3 Å². The van der Waals surface area contributed by atoms with E-state index in [0.29, 0.717) is 24.5 Å². The Bertz CT molecular complexity index is 891. The highest BCUT2D eigenvalue weighted by Gasteiger charge is 2.08. The average molecular weight is 355 g/mol. The maximum Gasteiger partial charge on any atom is 0.257 e. The molecule has 136 valence electrons. The summed E-state index contributed by atoms with van der Waals surface area (Å²) in [6, 6.07) is 12.9. The van der Waals surface area contributed by atoms with Crippen molar-refractivity contribution in [1.82, 2.24) is 15.3 Å². The Labute approximate surface area is 151 Å². The van der Waals surface area contributed by atoms with Gasteiger partial charge in [-0.1, -0.05) is 12.1 Å². The predicted octanol–water partition coefficient (Wildman–Crippen LogP) is 2.32. The second-order valence-electron chi connectivity index (χ2n) is 5.61. The van der Waals surface area contributed by atoms with E-state index in [-0.39, 0.29) is 12.5 Å². The zero-order valence-corrected chi connectivity index (χ0v) is 14.7. The van der Waals surface area contributed by atoms with Crippen LogP contribution in [0.5, 0.6) is 17.2 Å². The number of methoxy groups -OCH3 is 2. The minimum absolute atomic E-state index is 0.0717. The van der Waals surface area contributed by atoms with Crippen LogP contribution in [0.15, 0.2) is 42.5 Å². The second kappa shape index (κ2) is 8.24. The molecule has 3 rings (SSSR count). The van der Waals surface area contributed by atoms with Gasteiger partial charge >= 0.3 is 0 Å². The van der Waals surface area contributed by atoms with Gasteiger partial charge in [-0.05, 0) is 24.3 Å². The Morgan fingerprint density at radius 1 is 1.12 bits per heavy atom. The van der Waals surface area contributed by atoms with E-state index in [0.717, 1.165) is 22.6 Å². The molecule has 1 aromatic heterocycles. The molecule has 0 saturated heterocycles. The normalized spacial score (nSPS) is 10.5. The highest BCUT2D eigenvalue weighted by Crippen LogP contribution is 2.25. The van der Waals surface area contributed by atoms with Crippen LogP contribution in [0.4, 0.5) is 0 Å². The molecule has 2 N–H and O–H groups in total. The molecule has 1 amide bonds. The number of rotatable bonds is 8. The molecule has 7 nitrogen and oxygen atoms in total. The predicted molar refractivity (Wildman–Crippen MR) is 97.8 cm³/mol. The van der Waals surface area contributed by atoms with Crippen LogP contribution in [0.25, 0.3) is 11.0 Å². The summed E-state index contributed by atoms with van der Waals surface area (Å²) in [5.41, 5.74) is 1.77. The first-order valence-electron chi connectivity index (χ1n) is 8.24. The van der Waals surface area contributed by atoms with E-state index in [1.165, 1.54) is 0 Å².